The van der Waals surface area contributed by atoms with Gasteiger partial charge in [-0.3, -0.25) is 0 Å². The zero-order valence-corrected chi connectivity index (χ0v) is 11.2. The minimum absolute atomic E-state index is 0.143. The molecule has 0 saturated heterocycles. The normalized spacial score (nSPS) is 13.8. The molecule has 2 aromatic rings. The second-order valence-electron chi connectivity index (χ2n) is 4.26. The molecule has 3 N–H and O–H groups in total. The number of rotatable bonds is 4. The van der Waals surface area contributed by atoms with E-state index in [-0.39, 0.29) is 11.9 Å². The van der Waals surface area contributed by atoms with Gasteiger partial charge in [0.05, 0.1) is 5.52 Å². The Balaban J connectivity index is 2.25. The molecule has 0 radical (unpaired) electrons. The van der Waals surface area contributed by atoms with Crippen molar-refractivity contribution >= 4 is 33.3 Å². The van der Waals surface area contributed by atoms with E-state index in [0.29, 0.717) is 6.42 Å². The molecular weight excluding hydrogens is 248 g/mol. The molecule has 1 aromatic carbocycles. The van der Waals surface area contributed by atoms with Crippen LogP contribution in [0.2, 0.25) is 0 Å². The topological polar surface area (TPSA) is 74.7 Å². The van der Waals surface area contributed by atoms with Crippen molar-refractivity contribution in [2.24, 2.45) is 10.9 Å². The molecule has 0 aliphatic heterocycles. The van der Waals surface area contributed by atoms with Gasteiger partial charge in [0.25, 0.3) is 0 Å². The lowest BCUT2D eigenvalue weighted by Crippen LogP contribution is -2.32. The van der Waals surface area contributed by atoms with Crippen molar-refractivity contribution in [2.45, 2.75) is 19.4 Å². The summed E-state index contributed by atoms with van der Waals surface area (Å²) in [5.41, 5.74) is 6.54. The summed E-state index contributed by atoms with van der Waals surface area (Å²) in [4.78, 5) is 2.11. The summed E-state index contributed by atoms with van der Waals surface area (Å²) in [7, 11) is 2.00. The zero-order valence-electron chi connectivity index (χ0n) is 10.4. The van der Waals surface area contributed by atoms with E-state index in [1.807, 2.05) is 32.2 Å². The number of fused-ring (bicyclic) bond motifs is 1. The smallest absolute Gasteiger partial charge is 0.141 e. The molecular formula is C12H16N4OS. The van der Waals surface area contributed by atoms with E-state index in [0.717, 1.165) is 15.9 Å². The van der Waals surface area contributed by atoms with Gasteiger partial charge < -0.3 is 15.8 Å². The van der Waals surface area contributed by atoms with Crippen LogP contribution in [0.1, 0.15) is 13.3 Å². The minimum atomic E-state index is 0.143. The van der Waals surface area contributed by atoms with Crippen LogP contribution >= 0.6 is 11.5 Å². The number of aromatic nitrogens is 1. The number of nitrogens with two attached hydrogens (primary N) is 1. The fourth-order valence-electron chi connectivity index (χ4n) is 1.81. The Labute approximate surface area is 110 Å². The lowest BCUT2D eigenvalue weighted by atomic mass is 10.2. The Morgan fingerprint density at radius 2 is 2.28 bits per heavy atom. The predicted molar refractivity (Wildman–Crippen MR) is 75.5 cm³/mol. The Hall–Kier alpha value is -1.82. The third-order valence-electron chi connectivity index (χ3n) is 2.98. The molecule has 0 fully saturated rings. The molecule has 5 nitrogen and oxygen atoms in total. The van der Waals surface area contributed by atoms with Crippen LogP contribution in [0.4, 0.5) is 5.00 Å². The van der Waals surface area contributed by atoms with Crippen LogP contribution in [-0.2, 0) is 0 Å². The number of hydrogen-bond acceptors (Lipinski definition) is 5. The lowest BCUT2D eigenvalue weighted by molar-refractivity contribution is 0.316. The molecule has 96 valence electrons. The molecule has 0 aliphatic rings. The quantitative estimate of drug-likeness (QED) is 0.384. The van der Waals surface area contributed by atoms with Crippen molar-refractivity contribution in [2.75, 3.05) is 11.9 Å². The van der Waals surface area contributed by atoms with E-state index in [1.165, 1.54) is 11.5 Å². The summed E-state index contributed by atoms with van der Waals surface area (Å²) in [6.07, 6.45) is 0.513. The van der Waals surface area contributed by atoms with E-state index in [4.69, 9.17) is 10.9 Å². The van der Waals surface area contributed by atoms with Crippen LogP contribution in [0.5, 0.6) is 0 Å². The van der Waals surface area contributed by atoms with Gasteiger partial charge in [-0.05, 0) is 30.6 Å². The first-order chi connectivity index (χ1) is 8.63. The van der Waals surface area contributed by atoms with Crippen LogP contribution < -0.4 is 10.6 Å². The summed E-state index contributed by atoms with van der Waals surface area (Å²) in [5, 5.41) is 13.8. The van der Waals surface area contributed by atoms with E-state index in [2.05, 4.69) is 20.5 Å². The first-order valence-electron chi connectivity index (χ1n) is 5.67. The molecule has 1 heterocycles. The third kappa shape index (κ3) is 2.38. The Morgan fingerprint density at radius 3 is 3.00 bits per heavy atom. The number of hydrogen-bond donors (Lipinski definition) is 2. The maximum Gasteiger partial charge on any atom is 0.141 e. The molecule has 1 unspecified atom stereocenters. The van der Waals surface area contributed by atoms with Gasteiger partial charge in [0.1, 0.15) is 10.8 Å². The second kappa shape index (κ2) is 5.22. The van der Waals surface area contributed by atoms with Crippen molar-refractivity contribution in [1.29, 1.82) is 0 Å². The highest BCUT2D eigenvalue weighted by Crippen LogP contribution is 2.31. The molecule has 1 aromatic heterocycles. The van der Waals surface area contributed by atoms with Crippen LogP contribution in [0.3, 0.4) is 0 Å². The maximum absolute atomic E-state index is 8.60. The maximum atomic E-state index is 8.60. The first kappa shape index (κ1) is 12.6. The van der Waals surface area contributed by atoms with E-state index in [1.54, 1.807) is 0 Å². The van der Waals surface area contributed by atoms with E-state index < -0.39 is 0 Å². The summed E-state index contributed by atoms with van der Waals surface area (Å²) in [6.45, 7) is 2.03. The molecule has 0 spiro atoms. The fourth-order valence-corrected chi connectivity index (χ4v) is 2.73. The average Bonchev–Trinajstić information content (AvgIpc) is 2.81. The van der Waals surface area contributed by atoms with Crippen LogP contribution in [0, 0.1) is 0 Å². The average molecular weight is 264 g/mol. The highest BCUT2D eigenvalue weighted by atomic mass is 32.1. The van der Waals surface area contributed by atoms with Gasteiger partial charge in [-0.25, -0.2) is 0 Å². The molecule has 18 heavy (non-hydrogen) atoms. The Morgan fingerprint density at radius 1 is 1.56 bits per heavy atom. The number of oxime groups is 1. The number of benzene rings is 1. The summed E-state index contributed by atoms with van der Waals surface area (Å²) >= 11 is 1.47. The van der Waals surface area contributed by atoms with Gasteiger partial charge in [0, 0.05) is 24.9 Å². The van der Waals surface area contributed by atoms with Gasteiger partial charge in [0.2, 0.25) is 0 Å². The monoisotopic (exact) mass is 264 g/mol. The van der Waals surface area contributed by atoms with E-state index >= 15 is 0 Å². The van der Waals surface area contributed by atoms with Gasteiger partial charge >= 0.3 is 0 Å². The van der Waals surface area contributed by atoms with Crippen molar-refractivity contribution in [3.05, 3.63) is 24.3 Å². The number of anilines is 1. The van der Waals surface area contributed by atoms with Crippen LogP contribution in [0.25, 0.3) is 10.9 Å². The van der Waals surface area contributed by atoms with Gasteiger partial charge in [-0.1, -0.05) is 17.3 Å². The largest absolute Gasteiger partial charge is 0.409 e. The van der Waals surface area contributed by atoms with Crippen molar-refractivity contribution < 1.29 is 5.21 Å². The van der Waals surface area contributed by atoms with E-state index in [9.17, 15) is 0 Å². The van der Waals surface area contributed by atoms with Crippen molar-refractivity contribution in [3.63, 3.8) is 0 Å². The highest BCUT2D eigenvalue weighted by Gasteiger charge is 2.16. The van der Waals surface area contributed by atoms with Crippen molar-refractivity contribution in [3.8, 4) is 0 Å². The Kier molecular flexibility index (Phi) is 3.66. The summed E-state index contributed by atoms with van der Waals surface area (Å²) in [5.74, 6) is 0.239. The first-order valence-corrected chi connectivity index (χ1v) is 6.44. The van der Waals surface area contributed by atoms with Crippen LogP contribution in [0.15, 0.2) is 29.4 Å². The highest BCUT2D eigenvalue weighted by molar-refractivity contribution is 7.11. The third-order valence-corrected chi connectivity index (χ3v) is 3.95. The molecule has 2 rings (SSSR count). The molecule has 1 atom stereocenters. The number of nitrogens with zero attached hydrogens (tertiary/aromatic N) is 3. The second-order valence-corrected chi connectivity index (χ2v) is 5.01. The molecule has 0 saturated carbocycles. The molecule has 0 aliphatic carbocycles. The van der Waals surface area contributed by atoms with Gasteiger partial charge in [-0.15, -0.1) is 0 Å². The Bertz CT molecular complexity index is 566. The molecule has 0 amide bonds. The number of amidine groups is 1. The van der Waals surface area contributed by atoms with Crippen LogP contribution in [-0.4, -0.2) is 28.5 Å². The molecule has 0 bridgehead atoms. The van der Waals surface area contributed by atoms with Gasteiger partial charge in [-0.2, -0.15) is 4.37 Å². The standard InChI is InChI=1S/C12H16N4OS/c1-8(7-11(13)14-17)16(2)12-9-5-3-4-6-10(9)15-18-12/h3-6,8,17H,7H2,1-2H3,(H2,13,14). The summed E-state index contributed by atoms with van der Waals surface area (Å²) in [6, 6.07) is 8.18. The minimum Gasteiger partial charge on any atom is -0.409 e. The summed E-state index contributed by atoms with van der Waals surface area (Å²) < 4.78 is 4.41. The van der Waals surface area contributed by atoms with Gasteiger partial charge in [0.15, 0.2) is 0 Å². The zero-order chi connectivity index (χ0) is 13.1. The molecule has 6 heteroatoms. The SMILES string of the molecule is CC(CC(N)=NO)N(C)c1snc2ccccc12. The fraction of sp³-hybridized carbons (Fsp3) is 0.333. The lowest BCUT2D eigenvalue weighted by Gasteiger charge is -2.24. The van der Waals surface area contributed by atoms with Crippen molar-refractivity contribution in [1.82, 2.24) is 4.37 Å². The predicted octanol–water partition coefficient (Wildman–Crippen LogP) is 2.26.